The number of unbranched alkanes of at least 4 members (excludes halogenated alkanes) is 1. The lowest BCUT2D eigenvalue weighted by Crippen LogP contribution is -2.51. The average Bonchev–Trinajstić information content (AvgIpc) is 2.80. The highest BCUT2D eigenvalue weighted by atomic mass is 16.6. The van der Waals surface area contributed by atoms with Crippen molar-refractivity contribution in [2.24, 2.45) is 0 Å². The molecule has 0 atom stereocenters. The van der Waals surface area contributed by atoms with Crippen molar-refractivity contribution in [2.45, 2.75) is 39.8 Å². The van der Waals surface area contributed by atoms with Gasteiger partial charge in [-0.05, 0) is 20.3 Å². The van der Waals surface area contributed by atoms with Crippen LogP contribution in [0, 0.1) is 0 Å². The Morgan fingerprint density at radius 2 is 1.33 bits per heavy atom. The molecule has 0 aliphatic carbocycles. The second-order valence-corrected chi connectivity index (χ2v) is 4.64. The Balaban J connectivity index is 3.13. The number of hydrogen-bond acceptors (Lipinski definition) is 8. The molecule has 0 spiro atoms. The van der Waals surface area contributed by atoms with Crippen LogP contribution in [0.3, 0.4) is 0 Å². The van der Waals surface area contributed by atoms with Gasteiger partial charge < -0.3 is 14.2 Å². The maximum Gasteiger partial charge on any atom is 0.419 e. The van der Waals surface area contributed by atoms with Crippen LogP contribution in [0.2, 0.25) is 0 Å². The summed E-state index contributed by atoms with van der Waals surface area (Å²) in [5.41, 5.74) is 0. The molecule has 10 heteroatoms. The highest BCUT2D eigenvalue weighted by Gasteiger charge is 2.56. The zero-order chi connectivity index (χ0) is 18.3. The first-order valence-corrected chi connectivity index (χ1v) is 7.57. The van der Waals surface area contributed by atoms with E-state index in [0.29, 0.717) is 6.42 Å². The van der Waals surface area contributed by atoms with E-state index in [9.17, 15) is 24.0 Å². The second-order valence-electron chi connectivity index (χ2n) is 4.64. The van der Waals surface area contributed by atoms with Crippen molar-refractivity contribution in [3.8, 4) is 0 Å². The molecular weight excluding hydrogens is 324 g/mol. The molecule has 0 bridgehead atoms. The minimum atomic E-state index is -1.88. The van der Waals surface area contributed by atoms with Crippen LogP contribution in [0.1, 0.15) is 33.6 Å². The lowest BCUT2D eigenvalue weighted by molar-refractivity contribution is -0.155. The van der Waals surface area contributed by atoms with Gasteiger partial charge in [0.25, 0.3) is 0 Å². The molecule has 0 aromatic heterocycles. The van der Waals surface area contributed by atoms with Gasteiger partial charge in [-0.15, -0.1) is 0 Å². The molecule has 1 heterocycles. The summed E-state index contributed by atoms with van der Waals surface area (Å²) in [6.45, 7) is 4.67. The third kappa shape index (κ3) is 4.00. The molecule has 4 amide bonds. The van der Waals surface area contributed by atoms with E-state index >= 15 is 0 Å². The lowest BCUT2D eigenvalue weighted by Gasteiger charge is -2.24. The molecular formula is C14H20N2O8. The summed E-state index contributed by atoms with van der Waals surface area (Å²) in [6.07, 6.45) is -3.04. The van der Waals surface area contributed by atoms with E-state index < -0.39 is 36.1 Å². The van der Waals surface area contributed by atoms with Crippen molar-refractivity contribution in [1.29, 1.82) is 0 Å². The number of nitrogens with zero attached hydrogens (tertiary/aromatic N) is 2. The van der Waals surface area contributed by atoms with Crippen molar-refractivity contribution in [3.63, 3.8) is 0 Å². The highest BCUT2D eigenvalue weighted by molar-refractivity contribution is 6.42. The standard InChI is InChI=1S/C14H20N2O8/c1-4-7-8-24-12(19)9-15(13(20)22-5-2)10(17)11(18)16(9)14(21)23-6-3/h9H,4-8H2,1-3H3. The van der Waals surface area contributed by atoms with Gasteiger partial charge >= 0.3 is 30.0 Å². The van der Waals surface area contributed by atoms with E-state index in [2.05, 4.69) is 9.47 Å². The van der Waals surface area contributed by atoms with Crippen LogP contribution in [-0.2, 0) is 28.6 Å². The summed E-state index contributed by atoms with van der Waals surface area (Å²) in [5.74, 6) is -3.82. The van der Waals surface area contributed by atoms with Crippen molar-refractivity contribution in [1.82, 2.24) is 9.80 Å². The number of imide groups is 2. The Morgan fingerprint density at radius 1 is 0.875 bits per heavy atom. The highest BCUT2D eigenvalue weighted by Crippen LogP contribution is 2.21. The molecule has 1 fully saturated rings. The maximum absolute atomic E-state index is 12.2. The average molecular weight is 344 g/mol. The summed E-state index contributed by atoms with van der Waals surface area (Å²) in [7, 11) is 0. The van der Waals surface area contributed by atoms with Gasteiger partial charge in [0.1, 0.15) is 0 Å². The summed E-state index contributed by atoms with van der Waals surface area (Å²) in [5, 5.41) is 0. The Bertz CT molecular complexity index is 497. The molecule has 134 valence electrons. The first-order valence-electron chi connectivity index (χ1n) is 7.57. The summed E-state index contributed by atoms with van der Waals surface area (Å²) in [4.78, 5) is 60.6. The molecule has 0 saturated carbocycles. The molecule has 1 saturated heterocycles. The minimum absolute atomic E-state index is 0.0154. The topological polar surface area (TPSA) is 120 Å². The van der Waals surface area contributed by atoms with E-state index in [0.717, 1.165) is 6.42 Å². The van der Waals surface area contributed by atoms with Crippen LogP contribution in [0.5, 0.6) is 0 Å². The van der Waals surface area contributed by atoms with Crippen molar-refractivity contribution in [2.75, 3.05) is 19.8 Å². The smallest absolute Gasteiger partial charge is 0.419 e. The van der Waals surface area contributed by atoms with Gasteiger partial charge in [0.05, 0.1) is 19.8 Å². The first-order chi connectivity index (χ1) is 11.4. The third-order valence-corrected chi connectivity index (χ3v) is 2.99. The van der Waals surface area contributed by atoms with E-state index in [1.165, 1.54) is 13.8 Å². The largest absolute Gasteiger partial charge is 0.463 e. The first kappa shape index (κ1) is 19.4. The number of esters is 1. The van der Waals surface area contributed by atoms with Crippen LogP contribution >= 0.6 is 0 Å². The van der Waals surface area contributed by atoms with Crippen molar-refractivity contribution >= 4 is 30.0 Å². The molecule has 0 aromatic carbocycles. The summed E-state index contributed by atoms with van der Waals surface area (Å²) in [6, 6.07) is 0. The minimum Gasteiger partial charge on any atom is -0.463 e. The zero-order valence-electron chi connectivity index (χ0n) is 13.8. The monoisotopic (exact) mass is 344 g/mol. The molecule has 0 aromatic rings. The Kier molecular flexibility index (Phi) is 7.15. The summed E-state index contributed by atoms with van der Waals surface area (Å²) < 4.78 is 14.3. The van der Waals surface area contributed by atoms with E-state index in [-0.39, 0.29) is 29.6 Å². The predicted molar refractivity (Wildman–Crippen MR) is 77.4 cm³/mol. The quantitative estimate of drug-likeness (QED) is 0.298. The van der Waals surface area contributed by atoms with Gasteiger partial charge in [-0.3, -0.25) is 9.59 Å². The second kappa shape index (κ2) is 8.85. The van der Waals surface area contributed by atoms with Crippen LogP contribution < -0.4 is 0 Å². The van der Waals surface area contributed by atoms with Crippen LogP contribution in [-0.4, -0.2) is 65.8 Å². The third-order valence-electron chi connectivity index (χ3n) is 2.99. The van der Waals surface area contributed by atoms with Crippen LogP contribution in [0.25, 0.3) is 0 Å². The Labute approximate surface area is 138 Å². The van der Waals surface area contributed by atoms with Crippen molar-refractivity contribution < 1.29 is 38.2 Å². The summed E-state index contributed by atoms with van der Waals surface area (Å²) >= 11 is 0. The SMILES string of the molecule is CCCCOC(=O)C1N(C(=O)OCC)C(=O)C(=O)N1C(=O)OCC. The molecule has 0 unspecified atom stereocenters. The van der Waals surface area contributed by atoms with E-state index in [4.69, 9.17) is 4.74 Å². The van der Waals surface area contributed by atoms with Gasteiger partial charge in [-0.2, -0.15) is 0 Å². The number of ether oxygens (including phenoxy) is 3. The number of hydrogen-bond donors (Lipinski definition) is 0. The molecule has 1 aliphatic rings. The fourth-order valence-corrected chi connectivity index (χ4v) is 1.90. The fraction of sp³-hybridized carbons (Fsp3) is 0.643. The Morgan fingerprint density at radius 3 is 1.71 bits per heavy atom. The number of rotatable bonds is 6. The van der Waals surface area contributed by atoms with Crippen molar-refractivity contribution in [3.05, 3.63) is 0 Å². The predicted octanol–water partition coefficient (Wildman–Crippen LogP) is 0.640. The molecule has 0 N–H and O–H groups in total. The van der Waals surface area contributed by atoms with E-state index in [1.54, 1.807) is 0 Å². The van der Waals surface area contributed by atoms with E-state index in [1.807, 2.05) is 6.92 Å². The molecule has 24 heavy (non-hydrogen) atoms. The number of carbonyl (C=O) groups is 5. The molecule has 1 rings (SSSR count). The van der Waals surface area contributed by atoms with Gasteiger partial charge in [0.2, 0.25) is 6.17 Å². The fourth-order valence-electron chi connectivity index (χ4n) is 1.90. The molecule has 0 radical (unpaired) electrons. The van der Waals surface area contributed by atoms with Gasteiger partial charge in [0, 0.05) is 0 Å². The van der Waals surface area contributed by atoms with Crippen LogP contribution in [0.15, 0.2) is 0 Å². The molecule has 1 aliphatic heterocycles. The van der Waals surface area contributed by atoms with Gasteiger partial charge in [-0.25, -0.2) is 24.2 Å². The maximum atomic E-state index is 12.2. The zero-order valence-corrected chi connectivity index (χ0v) is 13.8. The normalized spacial score (nSPS) is 14.8. The van der Waals surface area contributed by atoms with Crippen LogP contribution in [0.4, 0.5) is 9.59 Å². The van der Waals surface area contributed by atoms with Gasteiger partial charge in [-0.1, -0.05) is 13.3 Å². The number of carbonyl (C=O) groups excluding carboxylic acids is 5. The lowest BCUT2D eigenvalue weighted by atomic mass is 10.3. The number of amides is 4. The molecule has 10 nitrogen and oxygen atoms in total. The van der Waals surface area contributed by atoms with Gasteiger partial charge in [0.15, 0.2) is 0 Å². The Hall–Kier alpha value is -2.65.